The van der Waals surface area contributed by atoms with Gasteiger partial charge in [-0.2, -0.15) is 5.26 Å². The van der Waals surface area contributed by atoms with E-state index in [4.69, 9.17) is 5.73 Å². The summed E-state index contributed by atoms with van der Waals surface area (Å²) in [5.74, 6) is 0. The fraction of sp³-hybridized carbons (Fsp3) is 0.121. The summed E-state index contributed by atoms with van der Waals surface area (Å²) in [5, 5.41) is 12.1. The number of hydrogen-bond acceptors (Lipinski definition) is 2. The van der Waals surface area contributed by atoms with Gasteiger partial charge in [0.1, 0.15) is 0 Å². The molecule has 0 unspecified atom stereocenters. The zero-order chi connectivity index (χ0) is 24.2. The first-order valence-corrected chi connectivity index (χ1v) is 12.0. The van der Waals surface area contributed by atoms with E-state index in [1.807, 2.05) is 12.1 Å². The molecule has 2 heteroatoms. The van der Waals surface area contributed by atoms with E-state index in [0.717, 1.165) is 16.7 Å². The van der Waals surface area contributed by atoms with Crippen molar-refractivity contribution >= 4 is 10.8 Å². The smallest absolute Gasteiger partial charge is 0.0998 e. The van der Waals surface area contributed by atoms with E-state index >= 15 is 0 Å². The second-order valence-electron chi connectivity index (χ2n) is 9.86. The third-order valence-electron chi connectivity index (χ3n) is 7.54. The van der Waals surface area contributed by atoms with Gasteiger partial charge in [-0.25, -0.2) is 0 Å². The third-order valence-corrected chi connectivity index (χ3v) is 7.54. The Morgan fingerprint density at radius 1 is 0.686 bits per heavy atom. The Bertz CT molecular complexity index is 1650. The van der Waals surface area contributed by atoms with Crippen LogP contribution in [0.15, 0.2) is 97.1 Å². The van der Waals surface area contributed by atoms with E-state index in [-0.39, 0.29) is 5.41 Å². The average molecular weight is 451 g/mol. The number of nitrogens with zero attached hydrogens (tertiary/aromatic N) is 1. The maximum atomic E-state index is 9.69. The lowest BCUT2D eigenvalue weighted by Crippen LogP contribution is -2.15. The first-order valence-electron chi connectivity index (χ1n) is 12.0. The lowest BCUT2D eigenvalue weighted by atomic mass is 9.81. The summed E-state index contributed by atoms with van der Waals surface area (Å²) in [4.78, 5) is 0. The fourth-order valence-electron chi connectivity index (χ4n) is 5.63. The molecule has 2 N–H and O–H groups in total. The molecular weight excluding hydrogens is 424 g/mol. The second-order valence-corrected chi connectivity index (χ2v) is 9.86. The van der Waals surface area contributed by atoms with Crippen LogP contribution < -0.4 is 5.73 Å². The normalized spacial score (nSPS) is 13.3. The summed E-state index contributed by atoms with van der Waals surface area (Å²) in [6.07, 6.45) is 0. The highest BCUT2D eigenvalue weighted by atomic mass is 14.5. The molecule has 6 rings (SSSR count). The molecule has 0 saturated heterocycles. The Kier molecular flexibility index (Phi) is 4.85. The van der Waals surface area contributed by atoms with Crippen molar-refractivity contribution in [1.82, 2.24) is 0 Å². The summed E-state index contributed by atoms with van der Waals surface area (Å²) >= 11 is 0. The van der Waals surface area contributed by atoms with Crippen LogP contribution in [0, 0.1) is 11.3 Å². The molecule has 0 saturated carbocycles. The molecule has 2 nitrogen and oxygen atoms in total. The number of benzene rings is 5. The maximum absolute atomic E-state index is 9.69. The standard InChI is InChI=1S/C33H26N2/c1-33(2)30-9-5-8-26(19-34)32(30)28-15-14-25(18-31(28)33)21-10-12-22(13-11-21)29-17-24-7-4-3-6-23(24)16-27(29)20-35/h3-18H,20,35H2,1-2H3. The average Bonchev–Trinajstić information content (AvgIpc) is 3.14. The monoisotopic (exact) mass is 450 g/mol. The van der Waals surface area contributed by atoms with Crippen molar-refractivity contribution in [2.45, 2.75) is 25.8 Å². The van der Waals surface area contributed by atoms with Gasteiger partial charge in [-0.15, -0.1) is 0 Å². The minimum absolute atomic E-state index is 0.144. The molecule has 0 bridgehead atoms. The molecule has 5 aromatic carbocycles. The van der Waals surface area contributed by atoms with Crippen LogP contribution in [-0.4, -0.2) is 0 Å². The van der Waals surface area contributed by atoms with E-state index in [1.165, 1.54) is 49.7 Å². The summed E-state index contributed by atoms with van der Waals surface area (Å²) in [6, 6.07) is 36.8. The predicted molar refractivity (Wildman–Crippen MR) is 145 cm³/mol. The molecule has 35 heavy (non-hydrogen) atoms. The molecule has 0 spiro atoms. The van der Waals surface area contributed by atoms with Crippen molar-refractivity contribution in [3.8, 4) is 39.4 Å². The summed E-state index contributed by atoms with van der Waals surface area (Å²) < 4.78 is 0. The van der Waals surface area contributed by atoms with Gasteiger partial charge in [-0.3, -0.25) is 0 Å². The molecule has 0 atom stereocenters. The fourth-order valence-corrected chi connectivity index (χ4v) is 5.63. The minimum Gasteiger partial charge on any atom is -0.326 e. The number of hydrogen-bond donors (Lipinski definition) is 1. The first kappa shape index (κ1) is 21.4. The molecule has 0 aliphatic heterocycles. The van der Waals surface area contributed by atoms with Crippen molar-refractivity contribution in [3.05, 3.63) is 119 Å². The third kappa shape index (κ3) is 3.28. The molecule has 1 aliphatic rings. The predicted octanol–water partition coefficient (Wildman–Crippen LogP) is 7.81. The van der Waals surface area contributed by atoms with Crippen molar-refractivity contribution < 1.29 is 0 Å². The SMILES string of the molecule is CC1(C)c2cc(-c3ccc(-c4cc5ccccc5cc4CN)cc3)ccc2-c2c(C#N)cccc21. The van der Waals surface area contributed by atoms with Gasteiger partial charge in [-0.1, -0.05) is 86.6 Å². The van der Waals surface area contributed by atoms with Crippen LogP contribution in [0.5, 0.6) is 0 Å². The quantitative estimate of drug-likeness (QED) is 0.305. The summed E-state index contributed by atoms with van der Waals surface area (Å²) in [6.45, 7) is 5.01. The van der Waals surface area contributed by atoms with Gasteiger partial charge in [0.15, 0.2) is 0 Å². The van der Waals surface area contributed by atoms with Crippen LogP contribution in [-0.2, 0) is 12.0 Å². The van der Waals surface area contributed by atoms with Crippen LogP contribution in [0.1, 0.15) is 36.1 Å². The van der Waals surface area contributed by atoms with Crippen molar-refractivity contribution in [2.24, 2.45) is 5.73 Å². The van der Waals surface area contributed by atoms with Gasteiger partial charge in [0.2, 0.25) is 0 Å². The zero-order valence-electron chi connectivity index (χ0n) is 20.0. The molecule has 168 valence electrons. The Morgan fingerprint density at radius 2 is 1.37 bits per heavy atom. The summed E-state index contributed by atoms with van der Waals surface area (Å²) in [7, 11) is 0. The minimum atomic E-state index is -0.144. The lowest BCUT2D eigenvalue weighted by molar-refractivity contribution is 0.660. The molecule has 0 radical (unpaired) electrons. The molecule has 0 aromatic heterocycles. The van der Waals surface area contributed by atoms with Crippen LogP contribution >= 0.6 is 0 Å². The van der Waals surface area contributed by atoms with Crippen LogP contribution in [0.3, 0.4) is 0 Å². The first-order chi connectivity index (χ1) is 17.0. The largest absolute Gasteiger partial charge is 0.326 e. The highest BCUT2D eigenvalue weighted by Gasteiger charge is 2.36. The topological polar surface area (TPSA) is 49.8 Å². The Balaban J connectivity index is 1.41. The Labute approximate surface area is 206 Å². The Hall–Kier alpha value is -4.19. The van der Waals surface area contributed by atoms with Crippen molar-refractivity contribution in [2.75, 3.05) is 0 Å². The van der Waals surface area contributed by atoms with E-state index < -0.39 is 0 Å². The van der Waals surface area contributed by atoms with Gasteiger partial charge < -0.3 is 5.73 Å². The van der Waals surface area contributed by atoms with Crippen LogP contribution in [0.4, 0.5) is 0 Å². The van der Waals surface area contributed by atoms with E-state index in [1.54, 1.807) is 0 Å². The van der Waals surface area contributed by atoms with Crippen LogP contribution in [0.25, 0.3) is 44.2 Å². The van der Waals surface area contributed by atoms with E-state index in [2.05, 4.69) is 105 Å². The molecule has 1 aliphatic carbocycles. The van der Waals surface area contributed by atoms with Gasteiger partial charge in [-0.05, 0) is 79.5 Å². The molecule has 0 amide bonds. The molecule has 0 heterocycles. The highest BCUT2D eigenvalue weighted by Crippen LogP contribution is 2.50. The van der Waals surface area contributed by atoms with Gasteiger partial charge in [0.25, 0.3) is 0 Å². The highest BCUT2D eigenvalue weighted by molar-refractivity contribution is 5.90. The number of rotatable bonds is 3. The van der Waals surface area contributed by atoms with Gasteiger partial charge in [0.05, 0.1) is 11.6 Å². The Morgan fingerprint density at radius 3 is 2.09 bits per heavy atom. The summed E-state index contributed by atoms with van der Waals surface area (Å²) in [5.41, 5.74) is 17.4. The lowest BCUT2D eigenvalue weighted by Gasteiger charge is -2.22. The van der Waals surface area contributed by atoms with Crippen molar-refractivity contribution in [1.29, 1.82) is 5.26 Å². The molecule has 0 fully saturated rings. The molecule has 5 aromatic rings. The number of nitriles is 1. The number of nitrogens with two attached hydrogens (primary N) is 1. The second kappa shape index (κ2) is 7.94. The van der Waals surface area contributed by atoms with E-state index in [0.29, 0.717) is 6.54 Å². The van der Waals surface area contributed by atoms with Gasteiger partial charge in [0, 0.05) is 17.5 Å². The number of fused-ring (bicyclic) bond motifs is 4. The van der Waals surface area contributed by atoms with Crippen molar-refractivity contribution in [3.63, 3.8) is 0 Å². The van der Waals surface area contributed by atoms with Gasteiger partial charge >= 0.3 is 0 Å². The zero-order valence-corrected chi connectivity index (χ0v) is 20.0. The molecular formula is C33H26N2. The van der Waals surface area contributed by atoms with Crippen LogP contribution in [0.2, 0.25) is 0 Å². The van der Waals surface area contributed by atoms with E-state index in [9.17, 15) is 5.26 Å². The maximum Gasteiger partial charge on any atom is 0.0998 e.